The van der Waals surface area contributed by atoms with Gasteiger partial charge in [-0.15, -0.1) is 0 Å². The molecular formula is C20H21N3O5. The maximum absolute atomic E-state index is 13.2. The molecule has 2 aromatic carbocycles. The summed E-state index contributed by atoms with van der Waals surface area (Å²) in [6, 6.07) is 11.5. The molecule has 0 fully saturated rings. The summed E-state index contributed by atoms with van der Waals surface area (Å²) in [7, 11) is 0. The highest BCUT2D eigenvalue weighted by Gasteiger charge is 2.45. The van der Waals surface area contributed by atoms with Gasteiger partial charge >= 0.3 is 5.69 Å². The fourth-order valence-electron chi connectivity index (χ4n) is 3.14. The van der Waals surface area contributed by atoms with E-state index in [1.54, 1.807) is 51.1 Å². The van der Waals surface area contributed by atoms with Crippen LogP contribution in [0.1, 0.15) is 26.3 Å². The first kappa shape index (κ1) is 19.3. The van der Waals surface area contributed by atoms with Gasteiger partial charge < -0.3 is 10.1 Å². The van der Waals surface area contributed by atoms with Gasteiger partial charge in [0.25, 0.3) is 5.91 Å². The fraction of sp³-hybridized carbons (Fsp3) is 0.300. The number of fused-ring (bicyclic) bond motifs is 1. The molecule has 0 spiro atoms. The van der Waals surface area contributed by atoms with E-state index in [0.29, 0.717) is 16.9 Å². The lowest BCUT2D eigenvalue weighted by Gasteiger charge is -2.42. The van der Waals surface area contributed by atoms with Crippen LogP contribution < -0.4 is 15.0 Å². The average Bonchev–Trinajstić information content (AvgIpc) is 2.63. The second-order valence-electron chi connectivity index (χ2n) is 7.19. The van der Waals surface area contributed by atoms with E-state index < -0.39 is 22.5 Å². The Kier molecular flexibility index (Phi) is 4.80. The van der Waals surface area contributed by atoms with E-state index in [-0.39, 0.29) is 17.3 Å². The molecule has 0 saturated carbocycles. The van der Waals surface area contributed by atoms with Crippen molar-refractivity contribution >= 4 is 28.9 Å². The maximum Gasteiger partial charge on any atom is 0.311 e. The number of hydrogen-bond donors (Lipinski definition) is 1. The molecule has 8 heteroatoms. The van der Waals surface area contributed by atoms with Gasteiger partial charge in [0, 0.05) is 6.07 Å². The predicted octanol–water partition coefficient (Wildman–Crippen LogP) is 3.43. The average molecular weight is 383 g/mol. The second-order valence-corrected chi connectivity index (χ2v) is 7.19. The first-order valence-corrected chi connectivity index (χ1v) is 8.79. The van der Waals surface area contributed by atoms with Crippen molar-refractivity contribution in [3.8, 4) is 5.75 Å². The first-order chi connectivity index (χ1) is 13.1. The molecule has 0 aromatic heterocycles. The Morgan fingerprint density at radius 2 is 1.93 bits per heavy atom. The van der Waals surface area contributed by atoms with Crippen molar-refractivity contribution in [2.45, 2.75) is 39.3 Å². The number of amides is 2. The molecule has 2 amide bonds. The Morgan fingerprint density at radius 1 is 1.25 bits per heavy atom. The van der Waals surface area contributed by atoms with Crippen molar-refractivity contribution in [3.05, 3.63) is 58.1 Å². The van der Waals surface area contributed by atoms with Gasteiger partial charge in [-0.25, -0.2) is 0 Å². The molecule has 3 rings (SSSR count). The van der Waals surface area contributed by atoms with Crippen LogP contribution in [-0.4, -0.2) is 28.4 Å². The van der Waals surface area contributed by atoms with Crippen molar-refractivity contribution in [2.24, 2.45) is 0 Å². The van der Waals surface area contributed by atoms with Crippen LogP contribution in [0.25, 0.3) is 0 Å². The van der Waals surface area contributed by atoms with Gasteiger partial charge in [0.15, 0.2) is 11.9 Å². The largest absolute Gasteiger partial charge is 0.474 e. The lowest BCUT2D eigenvalue weighted by Crippen LogP contribution is -2.60. The Labute approximate surface area is 162 Å². The van der Waals surface area contributed by atoms with Gasteiger partial charge in [-0.05, 0) is 51.5 Å². The number of aryl methyl sites for hydroxylation is 1. The molecule has 146 valence electrons. The zero-order valence-electron chi connectivity index (χ0n) is 16.1. The molecule has 0 aliphatic carbocycles. The molecule has 1 aliphatic heterocycles. The molecule has 2 aromatic rings. The third kappa shape index (κ3) is 3.28. The normalized spacial score (nSPS) is 16.0. The molecule has 1 heterocycles. The zero-order valence-corrected chi connectivity index (χ0v) is 16.1. The van der Waals surface area contributed by atoms with E-state index in [9.17, 15) is 19.7 Å². The van der Waals surface area contributed by atoms with Crippen molar-refractivity contribution in [1.29, 1.82) is 0 Å². The predicted molar refractivity (Wildman–Crippen MR) is 105 cm³/mol. The molecule has 1 aliphatic rings. The quantitative estimate of drug-likeness (QED) is 0.644. The third-order valence-corrected chi connectivity index (χ3v) is 4.69. The number of carbonyl (C=O) groups excluding carboxylic acids is 2. The summed E-state index contributed by atoms with van der Waals surface area (Å²) >= 11 is 0. The zero-order chi connectivity index (χ0) is 20.6. The summed E-state index contributed by atoms with van der Waals surface area (Å²) in [5.41, 5.74) is 0.415. The van der Waals surface area contributed by atoms with Crippen molar-refractivity contribution in [1.82, 2.24) is 0 Å². The van der Waals surface area contributed by atoms with Crippen molar-refractivity contribution in [2.75, 3.05) is 10.2 Å². The standard InChI is InChI=1S/C20H21N3O5/c1-12-9-10-17(16(11-12)23(26)27)28-13(2)18(24)22-15-8-6-5-7-14(15)21-19(25)20(22,3)4/h5-11,13H,1-4H3,(H,21,25)/t13-/m1/s1. The molecule has 28 heavy (non-hydrogen) atoms. The molecule has 1 N–H and O–H groups in total. The number of nitrogens with one attached hydrogen (secondary N) is 1. The minimum Gasteiger partial charge on any atom is -0.474 e. The Hall–Kier alpha value is -3.42. The van der Waals surface area contributed by atoms with E-state index in [2.05, 4.69) is 5.32 Å². The summed E-state index contributed by atoms with van der Waals surface area (Å²) in [4.78, 5) is 37.9. The topological polar surface area (TPSA) is 102 Å². The van der Waals surface area contributed by atoms with E-state index in [0.717, 1.165) is 0 Å². The first-order valence-electron chi connectivity index (χ1n) is 8.79. The fourth-order valence-corrected chi connectivity index (χ4v) is 3.14. The Morgan fingerprint density at radius 3 is 2.61 bits per heavy atom. The van der Waals surface area contributed by atoms with Crippen molar-refractivity contribution < 1.29 is 19.2 Å². The van der Waals surface area contributed by atoms with E-state index in [1.807, 2.05) is 0 Å². The van der Waals surface area contributed by atoms with Crippen LogP contribution >= 0.6 is 0 Å². The number of rotatable bonds is 4. The summed E-state index contributed by atoms with van der Waals surface area (Å²) < 4.78 is 5.66. The van der Waals surface area contributed by atoms with Crippen LogP contribution in [-0.2, 0) is 9.59 Å². The molecule has 8 nitrogen and oxygen atoms in total. The third-order valence-electron chi connectivity index (χ3n) is 4.69. The molecule has 0 radical (unpaired) electrons. The SMILES string of the molecule is Cc1ccc(O[C@H](C)C(=O)N2c3ccccc3NC(=O)C2(C)C)c([N+](=O)[O-])c1. The van der Waals surface area contributed by atoms with Crippen LogP contribution in [0.4, 0.5) is 17.1 Å². The van der Waals surface area contributed by atoms with Crippen LogP contribution in [0.15, 0.2) is 42.5 Å². The Balaban J connectivity index is 1.95. The maximum atomic E-state index is 13.2. The number of carbonyl (C=O) groups is 2. The number of anilines is 2. The number of hydrogen-bond acceptors (Lipinski definition) is 5. The van der Waals surface area contributed by atoms with Crippen molar-refractivity contribution in [3.63, 3.8) is 0 Å². The van der Waals surface area contributed by atoms with E-state index >= 15 is 0 Å². The van der Waals surface area contributed by atoms with Gasteiger partial charge in [-0.2, -0.15) is 0 Å². The highest BCUT2D eigenvalue weighted by atomic mass is 16.6. The van der Waals surface area contributed by atoms with Crippen LogP contribution in [0, 0.1) is 17.0 Å². The van der Waals surface area contributed by atoms with E-state index in [1.165, 1.54) is 24.0 Å². The molecule has 1 atom stereocenters. The number of para-hydroxylation sites is 2. The van der Waals surface area contributed by atoms with E-state index in [4.69, 9.17) is 4.74 Å². The van der Waals surface area contributed by atoms with Gasteiger partial charge in [0.2, 0.25) is 5.91 Å². The summed E-state index contributed by atoms with van der Waals surface area (Å²) in [5.74, 6) is -0.792. The lowest BCUT2D eigenvalue weighted by atomic mass is 9.95. The highest BCUT2D eigenvalue weighted by Crippen LogP contribution is 2.37. The van der Waals surface area contributed by atoms with Crippen LogP contribution in [0.3, 0.4) is 0 Å². The summed E-state index contributed by atoms with van der Waals surface area (Å²) in [6.45, 7) is 6.52. The van der Waals surface area contributed by atoms with Gasteiger partial charge in [-0.1, -0.05) is 18.2 Å². The Bertz CT molecular complexity index is 970. The summed E-state index contributed by atoms with van der Waals surface area (Å²) in [6.07, 6.45) is -1.04. The van der Waals surface area contributed by atoms with Gasteiger partial charge in [0.05, 0.1) is 16.3 Å². The number of benzene rings is 2. The number of nitro benzene ring substituents is 1. The van der Waals surface area contributed by atoms with Gasteiger partial charge in [-0.3, -0.25) is 24.6 Å². The summed E-state index contributed by atoms with van der Waals surface area (Å²) in [5, 5.41) is 14.1. The molecule has 0 saturated heterocycles. The van der Waals surface area contributed by atoms with Gasteiger partial charge in [0.1, 0.15) is 5.54 Å². The molecular weight excluding hydrogens is 362 g/mol. The minimum atomic E-state index is -1.15. The van der Waals surface area contributed by atoms with Crippen LogP contribution in [0.2, 0.25) is 0 Å². The number of ether oxygens (including phenoxy) is 1. The number of nitrogens with zero attached hydrogens (tertiary/aromatic N) is 2. The lowest BCUT2D eigenvalue weighted by molar-refractivity contribution is -0.386. The number of nitro groups is 1. The second kappa shape index (κ2) is 6.95. The minimum absolute atomic E-state index is 0.00371. The molecule has 0 bridgehead atoms. The monoisotopic (exact) mass is 383 g/mol. The smallest absolute Gasteiger partial charge is 0.311 e. The van der Waals surface area contributed by atoms with Crippen LogP contribution in [0.5, 0.6) is 5.75 Å². The molecule has 0 unspecified atom stereocenters. The highest BCUT2D eigenvalue weighted by molar-refractivity contribution is 6.14.